The normalized spacial score (nSPS) is 19.4. The Morgan fingerprint density at radius 2 is 1.54 bits per heavy atom. The van der Waals surface area contributed by atoms with Gasteiger partial charge >= 0.3 is 13.6 Å². The van der Waals surface area contributed by atoms with Crippen LogP contribution in [0.3, 0.4) is 0 Å². The van der Waals surface area contributed by atoms with E-state index in [1.807, 2.05) is 9.80 Å². The fourth-order valence-electron chi connectivity index (χ4n) is 3.93. The number of hydrogen-bond acceptors (Lipinski definition) is 10. The van der Waals surface area contributed by atoms with Gasteiger partial charge in [0.05, 0.1) is 12.6 Å². The lowest BCUT2D eigenvalue weighted by Crippen LogP contribution is -2.48. The number of nitrogen functional groups attached to an aromatic ring is 1. The number of aliphatic hydroxyl groups excluding tert-OH is 1. The Bertz CT molecular complexity index is 857. The fraction of sp³-hybridized carbons (Fsp3) is 0.619. The van der Waals surface area contributed by atoms with E-state index in [0.717, 1.165) is 0 Å². The smallest absolute Gasteiger partial charge is 0.339 e. The Hall–Kier alpha value is -2.09. The number of carbonyl (C=O) groups is 2. The number of nitrogens with two attached hydrogens (primary N) is 1. The zero-order valence-electron chi connectivity index (χ0n) is 19.7. The van der Waals surface area contributed by atoms with Gasteiger partial charge in [-0.25, -0.2) is 0 Å². The summed E-state index contributed by atoms with van der Waals surface area (Å²) in [6.45, 7) is 3.35. The summed E-state index contributed by atoms with van der Waals surface area (Å²) in [6.07, 6.45) is -1.30. The van der Waals surface area contributed by atoms with Crippen molar-refractivity contribution in [2.24, 2.45) is 0 Å². The highest BCUT2D eigenvalue weighted by Gasteiger charge is 2.23. The van der Waals surface area contributed by atoms with Crippen LogP contribution in [0.1, 0.15) is 11.7 Å². The van der Waals surface area contributed by atoms with Crippen LogP contribution in [0.15, 0.2) is 24.3 Å². The number of anilines is 1. The highest BCUT2D eigenvalue weighted by Crippen LogP contribution is 2.34. The van der Waals surface area contributed by atoms with Crippen LogP contribution >= 0.6 is 7.60 Å². The van der Waals surface area contributed by atoms with Crippen molar-refractivity contribution in [1.82, 2.24) is 19.6 Å². The molecule has 1 fully saturated rings. The van der Waals surface area contributed by atoms with Gasteiger partial charge in [0.15, 0.2) is 0 Å². The number of aliphatic hydroxyl groups is 1. The molecule has 198 valence electrons. The quantitative estimate of drug-likeness (QED) is 0.143. The van der Waals surface area contributed by atoms with Gasteiger partial charge in [-0.05, 0) is 6.07 Å². The van der Waals surface area contributed by atoms with E-state index in [0.29, 0.717) is 57.0 Å². The Morgan fingerprint density at radius 1 is 1.00 bits per heavy atom. The van der Waals surface area contributed by atoms with Crippen LogP contribution in [-0.4, -0.2) is 131 Å². The number of para-hydroxylation sites is 1. The molecule has 1 aromatic carbocycles. The minimum absolute atomic E-state index is 0.0143. The molecule has 35 heavy (non-hydrogen) atoms. The number of aliphatic carboxylic acids is 1. The summed E-state index contributed by atoms with van der Waals surface area (Å²) >= 11 is 0. The molecule has 1 aliphatic rings. The number of nitrogens with zero attached hydrogens (tertiary/aromatic N) is 4. The Morgan fingerprint density at radius 3 is 2.09 bits per heavy atom. The predicted molar refractivity (Wildman–Crippen MR) is 128 cm³/mol. The molecule has 0 bridgehead atoms. The zero-order valence-corrected chi connectivity index (χ0v) is 20.6. The van der Waals surface area contributed by atoms with Crippen LogP contribution in [0.25, 0.3) is 0 Å². The van der Waals surface area contributed by atoms with Crippen LogP contribution in [0.2, 0.25) is 0 Å². The number of hydrogen-bond donors (Lipinski definition) is 5. The maximum absolute atomic E-state index is 11.6. The topological polar surface area (TPSA) is 180 Å². The number of carbonyl (C=O) groups excluding carboxylic acids is 1. The van der Waals surface area contributed by atoms with Crippen molar-refractivity contribution in [1.29, 1.82) is 0 Å². The Labute approximate surface area is 204 Å². The van der Waals surface area contributed by atoms with Crippen molar-refractivity contribution < 1.29 is 38.9 Å². The summed E-state index contributed by atoms with van der Waals surface area (Å²) < 4.78 is 16.5. The van der Waals surface area contributed by atoms with Gasteiger partial charge in [-0.1, -0.05) is 18.2 Å². The van der Waals surface area contributed by atoms with E-state index in [-0.39, 0.29) is 32.9 Å². The first-order chi connectivity index (χ1) is 16.6. The third-order valence-corrected chi connectivity index (χ3v) is 6.55. The van der Waals surface area contributed by atoms with E-state index in [1.54, 1.807) is 34.1 Å². The predicted octanol–water partition coefficient (Wildman–Crippen LogP) is -1.13. The lowest BCUT2D eigenvalue weighted by atomic mass is 10.1. The third-order valence-electron chi connectivity index (χ3n) is 5.78. The molecule has 0 radical (unpaired) electrons. The molecular weight excluding hydrogens is 481 g/mol. The number of ether oxygens (including phenoxy) is 1. The van der Waals surface area contributed by atoms with E-state index in [4.69, 9.17) is 10.5 Å². The number of carboxylic acids is 1. The second kappa shape index (κ2) is 14.5. The maximum Gasteiger partial charge on any atom is 0.339 e. The lowest BCUT2D eigenvalue weighted by molar-refractivity contribution is -0.138. The summed E-state index contributed by atoms with van der Waals surface area (Å²) in [4.78, 5) is 48.1. The van der Waals surface area contributed by atoms with Gasteiger partial charge in [-0.15, -0.1) is 0 Å². The molecule has 1 heterocycles. The van der Waals surface area contributed by atoms with Gasteiger partial charge in [0.1, 0.15) is 13.0 Å². The largest absolute Gasteiger partial charge is 0.480 e. The van der Waals surface area contributed by atoms with Gasteiger partial charge in [-0.3, -0.25) is 33.8 Å². The monoisotopic (exact) mass is 517 g/mol. The van der Waals surface area contributed by atoms with Crippen LogP contribution in [0.4, 0.5) is 5.69 Å². The first kappa shape index (κ1) is 29.1. The zero-order chi connectivity index (χ0) is 25.8. The molecule has 13 nitrogen and oxygen atoms in total. The van der Waals surface area contributed by atoms with Crippen molar-refractivity contribution in [2.75, 3.05) is 84.2 Å². The Kier molecular flexibility index (Phi) is 12.0. The lowest BCUT2D eigenvalue weighted by Gasteiger charge is -2.34. The molecule has 1 atom stereocenters. The highest BCUT2D eigenvalue weighted by atomic mass is 31.2. The van der Waals surface area contributed by atoms with Crippen molar-refractivity contribution in [3.8, 4) is 0 Å². The molecule has 1 saturated heterocycles. The first-order valence-corrected chi connectivity index (χ1v) is 13.1. The van der Waals surface area contributed by atoms with Crippen LogP contribution in [0.5, 0.6) is 0 Å². The number of benzene rings is 1. The third kappa shape index (κ3) is 11.5. The van der Waals surface area contributed by atoms with Crippen LogP contribution < -0.4 is 5.73 Å². The number of rotatable bonds is 10. The number of β-amino-alcohol motifs (C(OH)–C–C–N with tert-alkyl or cyclic N) is 1. The van der Waals surface area contributed by atoms with Crippen LogP contribution in [-0.2, 0) is 18.9 Å². The summed E-state index contributed by atoms with van der Waals surface area (Å²) in [5.41, 5.74) is 7.09. The van der Waals surface area contributed by atoms with E-state index in [2.05, 4.69) is 0 Å². The summed E-state index contributed by atoms with van der Waals surface area (Å²) in [5, 5.41) is 20.1. The molecule has 0 saturated carbocycles. The molecule has 2 rings (SSSR count). The van der Waals surface area contributed by atoms with Gasteiger partial charge in [0, 0.05) is 70.2 Å². The Balaban J connectivity index is 2.18. The van der Waals surface area contributed by atoms with E-state index < -0.39 is 26.0 Å². The van der Waals surface area contributed by atoms with Crippen molar-refractivity contribution in [3.05, 3.63) is 29.8 Å². The summed E-state index contributed by atoms with van der Waals surface area (Å²) in [5.74, 6) is -1.00. The maximum atomic E-state index is 11.6. The van der Waals surface area contributed by atoms with Gasteiger partial charge in [0.25, 0.3) is 6.47 Å². The van der Waals surface area contributed by atoms with Crippen molar-refractivity contribution in [3.63, 3.8) is 0 Å². The minimum Gasteiger partial charge on any atom is -0.480 e. The average Bonchev–Trinajstić information content (AvgIpc) is 2.77. The van der Waals surface area contributed by atoms with Crippen molar-refractivity contribution >= 4 is 25.7 Å². The van der Waals surface area contributed by atoms with Gasteiger partial charge in [-0.2, -0.15) is 0 Å². The first-order valence-electron chi connectivity index (χ1n) is 11.3. The number of carboxylic acid groups (broad SMARTS) is 1. The molecule has 0 aromatic heterocycles. The average molecular weight is 518 g/mol. The van der Waals surface area contributed by atoms with Crippen LogP contribution in [0, 0.1) is 0 Å². The second-order valence-electron chi connectivity index (χ2n) is 8.55. The van der Waals surface area contributed by atoms with E-state index in [1.165, 1.54) is 0 Å². The molecule has 1 aliphatic heterocycles. The van der Waals surface area contributed by atoms with E-state index in [9.17, 15) is 34.2 Å². The molecule has 1 aromatic rings. The van der Waals surface area contributed by atoms with Crippen molar-refractivity contribution in [2.45, 2.75) is 6.10 Å². The second-order valence-corrected chi connectivity index (χ2v) is 10.2. The molecule has 0 amide bonds. The van der Waals surface area contributed by atoms with E-state index >= 15 is 0 Å². The highest BCUT2D eigenvalue weighted by molar-refractivity contribution is 7.51. The van der Waals surface area contributed by atoms with Gasteiger partial charge < -0.3 is 30.5 Å². The standard InChI is InChI=1S/C21H36N5O8P/c22-19-4-2-1-3-18(19)20(28)13-23-5-6-24(14-21(29)30)8-11-26(16-35(31,32)33)12-10-25(9-7-23)15-34-17-27/h1-4,17,20,28H,5-16,22H2,(H,29,30)(H2,31,32,33). The summed E-state index contributed by atoms with van der Waals surface area (Å²) in [6, 6.07) is 7.05. The molecular formula is C21H36N5O8P. The molecule has 1 unspecified atom stereocenters. The molecule has 14 heteroatoms. The molecule has 0 spiro atoms. The minimum atomic E-state index is -4.32. The van der Waals surface area contributed by atoms with Gasteiger partial charge in [0.2, 0.25) is 0 Å². The molecule has 6 N–H and O–H groups in total. The molecule has 0 aliphatic carbocycles. The SMILES string of the molecule is Nc1ccccc1C(O)CN1CCN(COC=O)CCN(CP(=O)(O)O)CCN(CC(=O)O)CC1. The fourth-order valence-corrected chi connectivity index (χ4v) is 4.74. The summed E-state index contributed by atoms with van der Waals surface area (Å²) in [7, 11) is -4.32.